The molecule has 0 saturated carbocycles. The lowest BCUT2D eigenvalue weighted by molar-refractivity contribution is 0.795. The predicted molar refractivity (Wildman–Crippen MR) is 118 cm³/mol. The van der Waals surface area contributed by atoms with Crippen LogP contribution >= 0.6 is 11.8 Å². The third-order valence-corrected chi connectivity index (χ3v) is 5.07. The smallest absolute Gasteiger partial charge is 0.272 e. The van der Waals surface area contributed by atoms with Gasteiger partial charge in [0.15, 0.2) is 0 Å². The minimum Gasteiger partial charge on any atom is -0.273 e. The van der Waals surface area contributed by atoms with Crippen LogP contribution in [0.15, 0.2) is 81.9 Å². The van der Waals surface area contributed by atoms with Gasteiger partial charge in [0.1, 0.15) is 16.3 Å². The number of hydrogen-bond donors (Lipinski definition) is 0. The van der Waals surface area contributed by atoms with Crippen LogP contribution in [-0.2, 0) is 0 Å². The highest BCUT2D eigenvalue weighted by atomic mass is 32.2. The van der Waals surface area contributed by atoms with E-state index in [2.05, 4.69) is 37.0 Å². The summed E-state index contributed by atoms with van der Waals surface area (Å²) in [5.41, 5.74) is 3.25. The number of thioether (sulfide) groups is 1. The van der Waals surface area contributed by atoms with Gasteiger partial charge < -0.3 is 0 Å². The molecule has 5 heteroatoms. The Hall–Kier alpha value is -2.66. The Morgan fingerprint density at radius 3 is 2.78 bits per heavy atom. The van der Waals surface area contributed by atoms with Gasteiger partial charge in [0, 0.05) is 18.0 Å². The molecular formula is C22H25N3OS. The second-order valence-electron chi connectivity index (χ2n) is 6.45. The van der Waals surface area contributed by atoms with Crippen molar-refractivity contribution < 1.29 is 0 Å². The highest BCUT2D eigenvalue weighted by Crippen LogP contribution is 2.36. The molecule has 140 valence electrons. The molecule has 2 rings (SSSR count). The summed E-state index contributed by atoms with van der Waals surface area (Å²) >= 11 is 1.31. The summed E-state index contributed by atoms with van der Waals surface area (Å²) in [6.07, 6.45) is 14.5. The minimum atomic E-state index is -0.125. The molecule has 0 spiro atoms. The van der Waals surface area contributed by atoms with E-state index in [1.807, 2.05) is 44.2 Å². The van der Waals surface area contributed by atoms with Crippen molar-refractivity contribution in [1.29, 1.82) is 0 Å². The predicted octanol–water partition coefficient (Wildman–Crippen LogP) is 5.48. The fourth-order valence-electron chi connectivity index (χ4n) is 2.23. The van der Waals surface area contributed by atoms with Crippen LogP contribution in [0.3, 0.4) is 0 Å². The van der Waals surface area contributed by atoms with E-state index in [-0.39, 0.29) is 5.56 Å². The second kappa shape index (κ2) is 9.33. The lowest BCUT2D eigenvalue weighted by atomic mass is 10.1. The van der Waals surface area contributed by atoms with Crippen LogP contribution < -0.4 is 5.56 Å². The van der Waals surface area contributed by atoms with Crippen molar-refractivity contribution in [2.75, 3.05) is 0 Å². The first-order valence-corrected chi connectivity index (χ1v) is 9.56. The van der Waals surface area contributed by atoms with Gasteiger partial charge in [-0.25, -0.2) is 9.98 Å². The van der Waals surface area contributed by atoms with E-state index < -0.39 is 0 Å². The monoisotopic (exact) mass is 379 g/mol. The van der Waals surface area contributed by atoms with E-state index in [4.69, 9.17) is 0 Å². The van der Waals surface area contributed by atoms with Crippen molar-refractivity contribution >= 4 is 28.6 Å². The van der Waals surface area contributed by atoms with E-state index in [1.165, 1.54) is 22.7 Å². The average molecular weight is 380 g/mol. The first-order valence-electron chi connectivity index (χ1n) is 8.74. The van der Waals surface area contributed by atoms with Gasteiger partial charge in [0.05, 0.1) is 5.69 Å². The molecule has 0 saturated heterocycles. The lowest BCUT2D eigenvalue weighted by Gasteiger charge is -2.01. The van der Waals surface area contributed by atoms with Gasteiger partial charge in [0.2, 0.25) is 0 Å². The summed E-state index contributed by atoms with van der Waals surface area (Å²) in [5, 5.41) is 0.688. The summed E-state index contributed by atoms with van der Waals surface area (Å²) in [4.78, 5) is 22.1. The maximum absolute atomic E-state index is 12.7. The van der Waals surface area contributed by atoms with Gasteiger partial charge in [-0.2, -0.15) is 0 Å². The fourth-order valence-corrected chi connectivity index (χ4v) is 3.22. The molecule has 0 fully saturated rings. The molecule has 0 radical (unpaired) electrons. The number of aromatic nitrogens is 2. The topological polar surface area (TPSA) is 47.2 Å². The molecule has 4 nitrogen and oxygen atoms in total. The lowest BCUT2D eigenvalue weighted by Crippen LogP contribution is -2.18. The van der Waals surface area contributed by atoms with Gasteiger partial charge in [-0.1, -0.05) is 68.1 Å². The fraction of sp³-hybridized carbons (Fsp3) is 0.227. The van der Waals surface area contributed by atoms with Gasteiger partial charge in [-0.15, -0.1) is 0 Å². The zero-order chi connectivity index (χ0) is 20.0. The maximum Gasteiger partial charge on any atom is 0.272 e. The Kier molecular flexibility index (Phi) is 7.13. The third-order valence-electron chi connectivity index (χ3n) is 3.96. The van der Waals surface area contributed by atoms with Gasteiger partial charge in [0.25, 0.3) is 5.56 Å². The first kappa shape index (κ1) is 20.6. The molecule has 0 atom stereocenters. The van der Waals surface area contributed by atoms with Gasteiger partial charge >= 0.3 is 0 Å². The summed E-state index contributed by atoms with van der Waals surface area (Å²) in [6, 6.07) is 0. The largest absolute Gasteiger partial charge is 0.273 e. The van der Waals surface area contributed by atoms with E-state index >= 15 is 0 Å². The quantitative estimate of drug-likeness (QED) is 0.615. The molecule has 2 heterocycles. The SMILES string of the molecule is C=C1C(=N/C=C\C(=C)C(C)C)Sc2c1ncn(/C=C/C=C(C)\C=C/C)c2=O. The van der Waals surface area contributed by atoms with Crippen molar-refractivity contribution in [2.45, 2.75) is 32.6 Å². The Morgan fingerprint density at radius 2 is 2.11 bits per heavy atom. The third kappa shape index (κ3) is 5.17. The summed E-state index contributed by atoms with van der Waals surface area (Å²) in [6.45, 7) is 16.1. The van der Waals surface area contributed by atoms with Crippen molar-refractivity contribution in [1.82, 2.24) is 9.55 Å². The highest BCUT2D eigenvalue weighted by Gasteiger charge is 2.26. The van der Waals surface area contributed by atoms with E-state index in [9.17, 15) is 4.79 Å². The van der Waals surface area contributed by atoms with Crippen molar-refractivity contribution in [3.8, 4) is 0 Å². The average Bonchev–Trinajstić information content (AvgIpc) is 2.94. The number of nitrogens with zero attached hydrogens (tertiary/aromatic N) is 3. The molecule has 1 aliphatic rings. The first-order chi connectivity index (χ1) is 12.8. The Balaban J connectivity index is 2.25. The molecule has 1 aliphatic heterocycles. The summed E-state index contributed by atoms with van der Waals surface area (Å²) < 4.78 is 1.47. The zero-order valence-corrected chi connectivity index (χ0v) is 17.1. The van der Waals surface area contributed by atoms with Crippen LogP contribution in [0.5, 0.6) is 0 Å². The second-order valence-corrected chi connectivity index (χ2v) is 7.45. The minimum absolute atomic E-state index is 0.125. The molecule has 0 N–H and O–H groups in total. The van der Waals surface area contributed by atoms with Crippen molar-refractivity contribution in [3.05, 3.63) is 83.3 Å². The summed E-state index contributed by atoms with van der Waals surface area (Å²) in [7, 11) is 0. The highest BCUT2D eigenvalue weighted by molar-refractivity contribution is 8.15. The van der Waals surface area contributed by atoms with Crippen LogP contribution in [0, 0.1) is 5.92 Å². The van der Waals surface area contributed by atoms with E-state index in [1.54, 1.807) is 12.4 Å². The van der Waals surface area contributed by atoms with Crippen LogP contribution in [-0.4, -0.2) is 14.6 Å². The van der Waals surface area contributed by atoms with Crippen molar-refractivity contribution in [2.24, 2.45) is 10.9 Å². The molecule has 0 aliphatic carbocycles. The Labute approximate surface area is 165 Å². The number of aliphatic imine (C=N–C) groups is 1. The van der Waals surface area contributed by atoms with Crippen LogP contribution in [0.4, 0.5) is 0 Å². The summed E-state index contributed by atoms with van der Waals surface area (Å²) in [5.74, 6) is 0.365. The molecular weight excluding hydrogens is 354 g/mol. The number of fused-ring (bicyclic) bond motifs is 1. The molecule has 1 aromatic heterocycles. The Bertz CT molecular complexity index is 956. The number of rotatable bonds is 6. The molecule has 0 amide bonds. The van der Waals surface area contributed by atoms with E-state index in [0.717, 1.165) is 11.1 Å². The maximum atomic E-state index is 12.7. The molecule has 0 unspecified atom stereocenters. The zero-order valence-electron chi connectivity index (χ0n) is 16.3. The number of allylic oxidation sites excluding steroid dienone is 7. The molecule has 1 aromatic rings. The van der Waals surface area contributed by atoms with Crippen LogP contribution in [0.1, 0.15) is 33.4 Å². The molecule has 0 aromatic carbocycles. The van der Waals surface area contributed by atoms with Gasteiger partial charge in [-0.05, 0) is 31.9 Å². The standard InChI is InChI=1S/C22H25N3OS/c1-7-9-16(4)10-8-13-25-14-24-19-18(6)21(27-20(19)22(25)26)23-12-11-17(5)15(2)3/h7-15H,5-6H2,1-4H3/b9-7-,12-11-,13-8+,16-10-,23-21?. The van der Waals surface area contributed by atoms with Crippen molar-refractivity contribution in [3.63, 3.8) is 0 Å². The number of hydrogen-bond acceptors (Lipinski definition) is 4. The van der Waals surface area contributed by atoms with Crippen LogP contribution in [0.25, 0.3) is 11.8 Å². The van der Waals surface area contributed by atoms with E-state index in [0.29, 0.717) is 27.1 Å². The van der Waals surface area contributed by atoms with Crippen LogP contribution in [0.2, 0.25) is 0 Å². The Morgan fingerprint density at radius 1 is 1.37 bits per heavy atom. The van der Waals surface area contributed by atoms with Gasteiger partial charge in [-0.3, -0.25) is 9.36 Å². The normalized spacial score (nSPS) is 16.6. The molecule has 0 bridgehead atoms. The molecule has 27 heavy (non-hydrogen) atoms.